The highest BCUT2D eigenvalue weighted by molar-refractivity contribution is 6.01. The molecule has 1 amide bonds. The van der Waals surface area contributed by atoms with Gasteiger partial charge >= 0.3 is 0 Å². The van der Waals surface area contributed by atoms with E-state index in [1.807, 2.05) is 31.2 Å². The van der Waals surface area contributed by atoms with Crippen molar-refractivity contribution in [1.29, 1.82) is 0 Å². The zero-order chi connectivity index (χ0) is 16.4. The maximum Gasteiger partial charge on any atom is 0.269 e. The zero-order valence-electron chi connectivity index (χ0n) is 13.0. The summed E-state index contributed by atoms with van der Waals surface area (Å²) in [5, 5.41) is 0. The summed E-state index contributed by atoms with van der Waals surface area (Å²) in [6, 6.07) is 13.2. The molecule has 0 saturated carbocycles. The van der Waals surface area contributed by atoms with Crippen molar-refractivity contribution in [3.63, 3.8) is 0 Å². The number of anilines is 2. The molecule has 1 aliphatic rings. The first-order valence-corrected chi connectivity index (χ1v) is 7.45. The van der Waals surface area contributed by atoms with E-state index in [9.17, 15) is 4.79 Å². The van der Waals surface area contributed by atoms with Crippen molar-refractivity contribution in [2.24, 2.45) is 0 Å². The van der Waals surface area contributed by atoms with Crippen LogP contribution in [0.25, 0.3) is 0 Å². The number of terminal acetylenes is 1. The Balaban J connectivity index is 1.95. The molecule has 1 atom stereocenters. The molecule has 2 aromatic carbocycles. The molecule has 2 N–H and O–H groups in total. The van der Waals surface area contributed by atoms with Crippen LogP contribution in [0.2, 0.25) is 0 Å². The Hall–Kier alpha value is -2.93. The first kappa shape index (κ1) is 15.0. The smallest absolute Gasteiger partial charge is 0.269 e. The molecule has 116 valence electrons. The van der Waals surface area contributed by atoms with E-state index >= 15 is 0 Å². The Morgan fingerprint density at radius 3 is 2.83 bits per heavy atom. The van der Waals surface area contributed by atoms with Crippen molar-refractivity contribution >= 4 is 17.3 Å². The first-order valence-electron chi connectivity index (χ1n) is 7.45. The van der Waals surface area contributed by atoms with Gasteiger partial charge in [-0.1, -0.05) is 30.2 Å². The fourth-order valence-electron chi connectivity index (χ4n) is 2.76. The first-order chi connectivity index (χ1) is 11.1. The van der Waals surface area contributed by atoms with Crippen molar-refractivity contribution in [1.82, 2.24) is 0 Å². The molecule has 1 heterocycles. The number of hydrogen-bond donors (Lipinski definition) is 1. The maximum atomic E-state index is 12.8. The average Bonchev–Trinajstić information content (AvgIpc) is 2.54. The third-order valence-corrected chi connectivity index (χ3v) is 4.00. The van der Waals surface area contributed by atoms with E-state index in [0.29, 0.717) is 23.5 Å². The normalized spacial score (nSPS) is 16.4. The molecule has 0 radical (unpaired) electrons. The molecule has 1 unspecified atom stereocenters. The zero-order valence-corrected chi connectivity index (χ0v) is 13.0. The third-order valence-electron chi connectivity index (χ3n) is 4.00. The molecular weight excluding hydrogens is 288 g/mol. The highest BCUT2D eigenvalue weighted by atomic mass is 16.5. The molecule has 0 spiro atoms. The highest BCUT2D eigenvalue weighted by Gasteiger charge is 2.34. The summed E-state index contributed by atoms with van der Waals surface area (Å²) in [5.41, 5.74) is 9.24. The van der Waals surface area contributed by atoms with Crippen LogP contribution in [0.5, 0.6) is 5.75 Å². The van der Waals surface area contributed by atoms with E-state index in [1.165, 1.54) is 0 Å². The predicted octanol–water partition coefficient (Wildman–Crippen LogP) is 2.55. The Morgan fingerprint density at radius 2 is 2.09 bits per heavy atom. The fraction of sp³-hybridized carbons (Fsp3) is 0.211. The second kappa shape index (κ2) is 6.05. The van der Waals surface area contributed by atoms with Crippen LogP contribution in [-0.4, -0.2) is 18.6 Å². The van der Waals surface area contributed by atoms with Gasteiger partial charge in [-0.3, -0.25) is 9.69 Å². The van der Waals surface area contributed by atoms with Crippen LogP contribution in [0, 0.1) is 19.3 Å². The van der Waals surface area contributed by atoms with Gasteiger partial charge in [0, 0.05) is 12.1 Å². The Kier molecular flexibility index (Phi) is 3.94. The number of amides is 1. The molecule has 0 fully saturated rings. The van der Waals surface area contributed by atoms with Gasteiger partial charge in [0.2, 0.25) is 0 Å². The third kappa shape index (κ3) is 2.86. The van der Waals surface area contributed by atoms with E-state index in [2.05, 4.69) is 5.92 Å². The second-order valence-corrected chi connectivity index (χ2v) is 5.59. The summed E-state index contributed by atoms with van der Waals surface area (Å²) in [5.74, 6) is 3.03. The van der Waals surface area contributed by atoms with Crippen LogP contribution in [0.15, 0.2) is 42.5 Å². The summed E-state index contributed by atoms with van der Waals surface area (Å²) >= 11 is 0. The molecule has 0 bridgehead atoms. The minimum absolute atomic E-state index is 0.135. The number of nitrogens with zero attached hydrogens (tertiary/aromatic N) is 1. The van der Waals surface area contributed by atoms with Gasteiger partial charge in [0.1, 0.15) is 5.75 Å². The number of ether oxygens (including phenoxy) is 1. The van der Waals surface area contributed by atoms with Gasteiger partial charge in [0.05, 0.1) is 12.2 Å². The minimum atomic E-state index is -0.583. The summed E-state index contributed by atoms with van der Waals surface area (Å²) in [7, 11) is 0. The van der Waals surface area contributed by atoms with Crippen molar-refractivity contribution in [3.8, 4) is 18.1 Å². The summed E-state index contributed by atoms with van der Waals surface area (Å²) in [6.07, 6.45) is 5.35. The molecule has 1 aliphatic heterocycles. The number of hydrogen-bond acceptors (Lipinski definition) is 3. The fourth-order valence-corrected chi connectivity index (χ4v) is 2.76. The van der Waals surface area contributed by atoms with Crippen LogP contribution >= 0.6 is 0 Å². The number of rotatable bonds is 3. The lowest BCUT2D eigenvalue weighted by Gasteiger charge is -2.33. The SMILES string of the molecule is C#CCN1C(=O)C(Cc2ccccc2C)Oc2ccc(N)cc21. The van der Waals surface area contributed by atoms with E-state index in [4.69, 9.17) is 16.9 Å². The van der Waals surface area contributed by atoms with Gasteiger partial charge in [-0.15, -0.1) is 6.42 Å². The number of benzene rings is 2. The number of fused-ring (bicyclic) bond motifs is 1. The van der Waals surface area contributed by atoms with Gasteiger partial charge < -0.3 is 10.5 Å². The number of carbonyl (C=O) groups excluding carboxylic acids is 1. The number of nitrogen functional groups attached to an aromatic ring is 1. The molecule has 3 rings (SSSR count). The van der Waals surface area contributed by atoms with Crippen molar-refractivity contribution in [2.45, 2.75) is 19.4 Å². The quantitative estimate of drug-likeness (QED) is 0.700. The van der Waals surface area contributed by atoms with Crippen molar-refractivity contribution < 1.29 is 9.53 Å². The Bertz CT molecular complexity index is 792. The second-order valence-electron chi connectivity index (χ2n) is 5.59. The topological polar surface area (TPSA) is 55.6 Å². The Morgan fingerprint density at radius 1 is 1.30 bits per heavy atom. The molecule has 0 saturated heterocycles. The average molecular weight is 306 g/mol. The molecular formula is C19H18N2O2. The molecule has 0 aliphatic carbocycles. The van der Waals surface area contributed by atoms with Gasteiger partial charge in [0.15, 0.2) is 6.10 Å². The lowest BCUT2D eigenvalue weighted by atomic mass is 10.0. The minimum Gasteiger partial charge on any atom is -0.478 e. The van der Waals surface area contributed by atoms with Crippen LogP contribution < -0.4 is 15.4 Å². The molecule has 4 heteroatoms. The maximum absolute atomic E-state index is 12.8. The lowest BCUT2D eigenvalue weighted by Crippen LogP contribution is -2.47. The largest absolute Gasteiger partial charge is 0.478 e. The molecule has 0 aromatic heterocycles. The summed E-state index contributed by atoms with van der Waals surface area (Å²) in [4.78, 5) is 14.3. The van der Waals surface area contributed by atoms with E-state index in [1.54, 1.807) is 23.1 Å². The van der Waals surface area contributed by atoms with Crippen molar-refractivity contribution in [3.05, 3.63) is 53.6 Å². The van der Waals surface area contributed by atoms with Gasteiger partial charge in [-0.05, 0) is 36.2 Å². The lowest BCUT2D eigenvalue weighted by molar-refractivity contribution is -0.126. The molecule has 2 aromatic rings. The van der Waals surface area contributed by atoms with Gasteiger partial charge in [0.25, 0.3) is 5.91 Å². The van der Waals surface area contributed by atoms with E-state index in [-0.39, 0.29) is 12.5 Å². The van der Waals surface area contributed by atoms with Crippen LogP contribution in [0.1, 0.15) is 11.1 Å². The van der Waals surface area contributed by atoms with Gasteiger partial charge in [-0.25, -0.2) is 0 Å². The van der Waals surface area contributed by atoms with E-state index < -0.39 is 6.10 Å². The van der Waals surface area contributed by atoms with E-state index in [0.717, 1.165) is 11.1 Å². The number of aryl methyl sites for hydroxylation is 1. The summed E-state index contributed by atoms with van der Waals surface area (Å²) < 4.78 is 5.92. The molecule has 23 heavy (non-hydrogen) atoms. The van der Waals surface area contributed by atoms with Crippen LogP contribution in [-0.2, 0) is 11.2 Å². The highest BCUT2D eigenvalue weighted by Crippen LogP contribution is 2.36. The monoisotopic (exact) mass is 306 g/mol. The van der Waals surface area contributed by atoms with Gasteiger partial charge in [-0.2, -0.15) is 0 Å². The standard InChI is InChI=1S/C19H18N2O2/c1-3-10-21-16-12-15(20)8-9-17(16)23-18(19(21)22)11-14-7-5-4-6-13(14)2/h1,4-9,12,18H,10-11,20H2,2H3. The molecule has 4 nitrogen and oxygen atoms in total. The van der Waals surface area contributed by atoms with Crippen LogP contribution in [0.3, 0.4) is 0 Å². The number of carbonyl (C=O) groups is 1. The summed E-state index contributed by atoms with van der Waals surface area (Å²) in [6.45, 7) is 2.22. The number of nitrogens with two attached hydrogens (primary N) is 1. The predicted molar refractivity (Wildman–Crippen MR) is 91.3 cm³/mol. The van der Waals surface area contributed by atoms with Crippen LogP contribution in [0.4, 0.5) is 11.4 Å². The van der Waals surface area contributed by atoms with Crippen molar-refractivity contribution in [2.75, 3.05) is 17.2 Å². The Labute approximate surface area is 135 Å².